The van der Waals surface area contributed by atoms with E-state index < -0.39 is 4.92 Å². The second-order valence-electron chi connectivity index (χ2n) is 4.03. The van der Waals surface area contributed by atoms with Crippen molar-refractivity contribution < 1.29 is 9.66 Å². The van der Waals surface area contributed by atoms with Gasteiger partial charge in [0.25, 0.3) is 5.69 Å². The Hall–Kier alpha value is -2.70. The minimum absolute atomic E-state index is 0.0171. The minimum atomic E-state index is -0.438. The van der Waals surface area contributed by atoms with Crippen molar-refractivity contribution in [2.75, 3.05) is 11.9 Å². The smallest absolute Gasteiger partial charge is 0.276 e. The first kappa shape index (κ1) is 13.7. The zero-order chi connectivity index (χ0) is 14.5. The molecule has 0 radical (unpaired) electrons. The second-order valence-corrected chi connectivity index (χ2v) is 4.03. The number of nitro benzene ring substituents is 1. The number of nitrogens with zero attached hydrogens (tertiary/aromatic N) is 3. The first-order valence-electron chi connectivity index (χ1n) is 6.09. The molecule has 1 heterocycles. The monoisotopic (exact) mass is 274 g/mol. The van der Waals surface area contributed by atoms with E-state index in [0.717, 1.165) is 6.54 Å². The van der Waals surface area contributed by atoms with Gasteiger partial charge in [0.15, 0.2) is 0 Å². The van der Waals surface area contributed by atoms with Crippen molar-refractivity contribution in [3.05, 3.63) is 46.3 Å². The van der Waals surface area contributed by atoms with E-state index in [2.05, 4.69) is 15.3 Å². The van der Waals surface area contributed by atoms with Gasteiger partial charge in [-0.3, -0.25) is 10.1 Å². The summed E-state index contributed by atoms with van der Waals surface area (Å²) in [4.78, 5) is 18.5. The second kappa shape index (κ2) is 5.96. The van der Waals surface area contributed by atoms with Gasteiger partial charge in [-0.2, -0.15) is 0 Å². The summed E-state index contributed by atoms with van der Waals surface area (Å²) in [5.41, 5.74) is 0.476. The largest absolute Gasteiger partial charge is 0.438 e. The van der Waals surface area contributed by atoms with E-state index in [4.69, 9.17) is 4.74 Å². The van der Waals surface area contributed by atoms with E-state index in [-0.39, 0.29) is 5.69 Å². The highest BCUT2D eigenvalue weighted by Crippen LogP contribution is 2.30. The van der Waals surface area contributed by atoms with Crippen LogP contribution < -0.4 is 10.1 Å². The van der Waals surface area contributed by atoms with Gasteiger partial charge >= 0.3 is 0 Å². The van der Waals surface area contributed by atoms with Crippen molar-refractivity contribution in [1.29, 1.82) is 0 Å². The highest BCUT2D eigenvalue weighted by atomic mass is 16.6. The van der Waals surface area contributed by atoms with Crippen molar-refractivity contribution in [1.82, 2.24) is 9.97 Å². The van der Waals surface area contributed by atoms with E-state index >= 15 is 0 Å². The van der Waals surface area contributed by atoms with Gasteiger partial charge < -0.3 is 10.1 Å². The molecule has 0 saturated heterocycles. The molecule has 0 fully saturated rings. The summed E-state index contributed by atoms with van der Waals surface area (Å²) in [6.45, 7) is 4.32. The molecule has 20 heavy (non-hydrogen) atoms. The fraction of sp³-hybridized carbons (Fsp3) is 0.231. The lowest BCUT2D eigenvalue weighted by Crippen LogP contribution is -2.00. The van der Waals surface area contributed by atoms with E-state index in [1.807, 2.05) is 6.92 Å². The minimum Gasteiger partial charge on any atom is -0.438 e. The summed E-state index contributed by atoms with van der Waals surface area (Å²) < 4.78 is 5.59. The number of anilines is 1. The third-order valence-electron chi connectivity index (χ3n) is 2.67. The number of nitrogens with one attached hydrogen (secondary N) is 1. The Bertz CT molecular complexity index is 631. The Morgan fingerprint density at radius 1 is 1.40 bits per heavy atom. The summed E-state index contributed by atoms with van der Waals surface area (Å²) in [5.74, 6) is 1.38. The van der Waals surface area contributed by atoms with E-state index in [1.54, 1.807) is 25.1 Å². The van der Waals surface area contributed by atoms with Gasteiger partial charge in [0.1, 0.15) is 17.9 Å². The molecule has 1 aromatic carbocycles. The van der Waals surface area contributed by atoms with Crippen molar-refractivity contribution >= 4 is 11.5 Å². The van der Waals surface area contributed by atoms with Gasteiger partial charge in [0, 0.05) is 18.7 Å². The lowest BCUT2D eigenvalue weighted by molar-refractivity contribution is -0.385. The Morgan fingerprint density at radius 3 is 2.90 bits per heavy atom. The van der Waals surface area contributed by atoms with Gasteiger partial charge in [-0.25, -0.2) is 9.97 Å². The summed E-state index contributed by atoms with van der Waals surface area (Å²) in [6, 6.07) is 6.32. The molecule has 0 atom stereocenters. The zero-order valence-electron chi connectivity index (χ0n) is 11.2. The summed E-state index contributed by atoms with van der Waals surface area (Å²) in [5, 5.41) is 13.9. The molecule has 2 aromatic rings. The third kappa shape index (κ3) is 3.00. The van der Waals surface area contributed by atoms with Crippen molar-refractivity contribution in [3.63, 3.8) is 0 Å². The highest BCUT2D eigenvalue weighted by molar-refractivity contribution is 5.50. The number of hydrogen-bond donors (Lipinski definition) is 1. The maximum Gasteiger partial charge on any atom is 0.276 e. The molecule has 0 bridgehead atoms. The molecule has 0 spiro atoms. The van der Waals surface area contributed by atoms with Crippen molar-refractivity contribution in [3.8, 4) is 11.6 Å². The SMILES string of the molecule is CCNc1cc(Oc2cccc([N+](=O)[O-])c2C)ncn1. The Labute approximate surface area is 115 Å². The highest BCUT2D eigenvalue weighted by Gasteiger charge is 2.15. The summed E-state index contributed by atoms with van der Waals surface area (Å²) >= 11 is 0. The van der Waals surface area contributed by atoms with Crippen LogP contribution in [0.4, 0.5) is 11.5 Å². The number of ether oxygens (including phenoxy) is 1. The fourth-order valence-electron chi connectivity index (χ4n) is 1.70. The first-order chi connectivity index (χ1) is 9.61. The predicted octanol–water partition coefficient (Wildman–Crippen LogP) is 2.92. The maximum atomic E-state index is 10.9. The number of hydrogen-bond acceptors (Lipinski definition) is 6. The standard InChI is InChI=1S/C13H14N4O3/c1-3-14-12-7-13(16-8-15-12)20-11-6-4-5-10(9(11)2)17(18)19/h4-8H,3H2,1-2H3,(H,14,15,16). The average Bonchev–Trinajstić information content (AvgIpc) is 2.42. The van der Waals surface area contributed by atoms with Gasteiger partial charge in [-0.05, 0) is 19.9 Å². The molecule has 7 heteroatoms. The molecule has 1 aromatic heterocycles. The molecular formula is C13H14N4O3. The van der Waals surface area contributed by atoms with E-state index in [9.17, 15) is 10.1 Å². The quantitative estimate of drug-likeness (QED) is 0.666. The lowest BCUT2D eigenvalue weighted by Gasteiger charge is -2.09. The number of benzene rings is 1. The molecule has 0 amide bonds. The van der Waals surface area contributed by atoms with Crippen LogP contribution in [0.3, 0.4) is 0 Å². The molecule has 1 N–H and O–H groups in total. The van der Waals surface area contributed by atoms with E-state index in [0.29, 0.717) is 23.0 Å². The van der Waals surface area contributed by atoms with Gasteiger partial charge in [-0.1, -0.05) is 6.07 Å². The molecule has 7 nitrogen and oxygen atoms in total. The lowest BCUT2D eigenvalue weighted by atomic mass is 10.2. The van der Waals surface area contributed by atoms with Crippen LogP contribution in [0.1, 0.15) is 12.5 Å². The molecule has 2 rings (SSSR count). The first-order valence-corrected chi connectivity index (χ1v) is 6.09. The topological polar surface area (TPSA) is 90.2 Å². The molecule has 0 aliphatic carbocycles. The van der Waals surface area contributed by atoms with Crippen LogP contribution >= 0.6 is 0 Å². The Kier molecular flexibility index (Phi) is 4.09. The van der Waals surface area contributed by atoms with Crippen LogP contribution in [-0.4, -0.2) is 21.4 Å². The average molecular weight is 274 g/mol. The van der Waals surface area contributed by atoms with Crippen molar-refractivity contribution in [2.45, 2.75) is 13.8 Å². The van der Waals surface area contributed by atoms with Crippen LogP contribution in [0.25, 0.3) is 0 Å². The third-order valence-corrected chi connectivity index (χ3v) is 2.67. The van der Waals surface area contributed by atoms with Crippen LogP contribution in [-0.2, 0) is 0 Å². The van der Waals surface area contributed by atoms with Crippen LogP contribution in [0.2, 0.25) is 0 Å². The van der Waals surface area contributed by atoms with Crippen LogP contribution in [0.5, 0.6) is 11.6 Å². The molecule has 104 valence electrons. The molecular weight excluding hydrogens is 260 g/mol. The van der Waals surface area contributed by atoms with Crippen molar-refractivity contribution in [2.24, 2.45) is 0 Å². The molecule has 0 unspecified atom stereocenters. The normalized spacial score (nSPS) is 10.1. The fourth-order valence-corrected chi connectivity index (χ4v) is 1.70. The molecule has 0 aliphatic heterocycles. The Balaban J connectivity index is 2.28. The molecule has 0 saturated carbocycles. The molecule has 0 aliphatic rings. The maximum absolute atomic E-state index is 10.9. The van der Waals surface area contributed by atoms with Gasteiger partial charge in [0.05, 0.1) is 10.5 Å². The summed E-state index contributed by atoms with van der Waals surface area (Å²) in [6.07, 6.45) is 1.38. The van der Waals surface area contributed by atoms with Gasteiger partial charge in [-0.15, -0.1) is 0 Å². The van der Waals surface area contributed by atoms with Crippen LogP contribution in [0, 0.1) is 17.0 Å². The zero-order valence-corrected chi connectivity index (χ0v) is 11.2. The van der Waals surface area contributed by atoms with Gasteiger partial charge in [0.2, 0.25) is 5.88 Å². The number of rotatable bonds is 5. The Morgan fingerprint density at radius 2 is 2.20 bits per heavy atom. The van der Waals surface area contributed by atoms with Crippen LogP contribution in [0.15, 0.2) is 30.6 Å². The summed E-state index contributed by atoms with van der Waals surface area (Å²) in [7, 11) is 0. The van der Waals surface area contributed by atoms with E-state index in [1.165, 1.54) is 12.4 Å². The number of nitro groups is 1. The predicted molar refractivity (Wildman–Crippen MR) is 74.1 cm³/mol. The number of aromatic nitrogens is 2.